The van der Waals surface area contributed by atoms with Crippen LogP contribution in [0.4, 0.5) is 0 Å². The highest BCUT2D eigenvalue weighted by Gasteiger charge is 2.20. The molecule has 4 rings (SSSR count). The van der Waals surface area contributed by atoms with Crippen LogP contribution in [0, 0.1) is 0 Å². The Balaban J connectivity index is 1.25. The number of carbonyl (C=O) groups is 1. The molecule has 1 N–H and O–H groups in total. The summed E-state index contributed by atoms with van der Waals surface area (Å²) in [7, 11) is 0. The van der Waals surface area contributed by atoms with Gasteiger partial charge in [-0.15, -0.1) is 11.8 Å². The van der Waals surface area contributed by atoms with Gasteiger partial charge in [0.1, 0.15) is 5.65 Å². The number of likely N-dealkylation sites (tertiary alicyclic amines) is 1. The van der Waals surface area contributed by atoms with Gasteiger partial charge in [-0.25, -0.2) is 4.98 Å². The largest absolute Gasteiger partial charge is 0.349 e. The number of fused-ring (bicyclic) bond motifs is 1. The van der Waals surface area contributed by atoms with Crippen molar-refractivity contribution in [3.8, 4) is 0 Å². The second-order valence-corrected chi connectivity index (χ2v) is 9.00. The first-order valence-corrected chi connectivity index (χ1v) is 11.9. The fourth-order valence-electron chi connectivity index (χ4n) is 3.87. The Morgan fingerprint density at radius 2 is 1.97 bits per heavy atom. The van der Waals surface area contributed by atoms with Crippen LogP contribution in [-0.2, 0) is 5.75 Å². The van der Waals surface area contributed by atoms with E-state index in [1.54, 1.807) is 11.8 Å². The molecule has 0 bridgehead atoms. The summed E-state index contributed by atoms with van der Waals surface area (Å²) in [6, 6.07) is 14.2. The Morgan fingerprint density at radius 3 is 2.70 bits per heavy atom. The second kappa shape index (κ2) is 10.1. The third-order valence-corrected chi connectivity index (χ3v) is 6.71. The molecule has 1 aliphatic rings. The lowest BCUT2D eigenvalue weighted by Gasteiger charge is -2.32. The first kappa shape index (κ1) is 20.9. The maximum Gasteiger partial charge on any atom is 0.251 e. The summed E-state index contributed by atoms with van der Waals surface area (Å²) < 4.78 is 2.04. The average molecular weight is 423 g/mol. The van der Waals surface area contributed by atoms with E-state index >= 15 is 0 Å². The van der Waals surface area contributed by atoms with Crippen molar-refractivity contribution in [2.45, 2.75) is 49.3 Å². The molecule has 0 unspecified atom stereocenters. The quantitative estimate of drug-likeness (QED) is 0.538. The minimum absolute atomic E-state index is 0.0407. The lowest BCUT2D eigenvalue weighted by molar-refractivity contribution is 0.0910. The van der Waals surface area contributed by atoms with E-state index in [9.17, 15) is 4.79 Å². The predicted octanol–water partition coefficient (Wildman–Crippen LogP) is 4.62. The number of nitrogens with zero attached hydrogens (tertiary/aromatic N) is 3. The van der Waals surface area contributed by atoms with Gasteiger partial charge in [0.15, 0.2) is 0 Å². The topological polar surface area (TPSA) is 49.6 Å². The number of unbranched alkanes of at least 4 members (excludes halogenated alkanes) is 1. The number of pyridine rings is 1. The van der Waals surface area contributed by atoms with Crippen LogP contribution >= 0.6 is 11.8 Å². The van der Waals surface area contributed by atoms with Crippen LogP contribution in [0.2, 0.25) is 0 Å². The maximum atomic E-state index is 12.6. The molecule has 158 valence electrons. The van der Waals surface area contributed by atoms with E-state index < -0.39 is 0 Å². The van der Waals surface area contributed by atoms with Crippen molar-refractivity contribution in [2.24, 2.45) is 0 Å². The van der Waals surface area contributed by atoms with Crippen molar-refractivity contribution in [2.75, 3.05) is 19.6 Å². The van der Waals surface area contributed by atoms with Crippen LogP contribution < -0.4 is 5.32 Å². The van der Waals surface area contributed by atoms with Gasteiger partial charge in [-0.1, -0.05) is 19.4 Å². The van der Waals surface area contributed by atoms with E-state index in [0.29, 0.717) is 6.04 Å². The number of rotatable bonds is 8. The molecule has 2 aromatic heterocycles. The molecule has 1 fully saturated rings. The zero-order valence-corrected chi connectivity index (χ0v) is 18.4. The van der Waals surface area contributed by atoms with Crippen molar-refractivity contribution >= 4 is 23.3 Å². The van der Waals surface area contributed by atoms with Gasteiger partial charge in [-0.05, 0) is 62.2 Å². The zero-order valence-electron chi connectivity index (χ0n) is 17.6. The molecule has 30 heavy (non-hydrogen) atoms. The lowest BCUT2D eigenvalue weighted by Crippen LogP contribution is -2.44. The van der Waals surface area contributed by atoms with Gasteiger partial charge < -0.3 is 14.6 Å². The van der Waals surface area contributed by atoms with Gasteiger partial charge in [0.25, 0.3) is 5.91 Å². The lowest BCUT2D eigenvalue weighted by atomic mass is 10.0. The summed E-state index contributed by atoms with van der Waals surface area (Å²) in [6.07, 6.45) is 8.67. The van der Waals surface area contributed by atoms with Crippen LogP contribution in [0.3, 0.4) is 0 Å². The number of piperidine rings is 1. The zero-order chi connectivity index (χ0) is 20.8. The first-order chi connectivity index (χ1) is 14.7. The van der Waals surface area contributed by atoms with Crippen molar-refractivity contribution < 1.29 is 4.79 Å². The van der Waals surface area contributed by atoms with E-state index in [0.717, 1.165) is 53.5 Å². The minimum Gasteiger partial charge on any atom is -0.349 e. The van der Waals surface area contributed by atoms with Crippen LogP contribution in [0.15, 0.2) is 59.8 Å². The molecule has 0 radical (unpaired) electrons. The molecule has 6 heteroatoms. The van der Waals surface area contributed by atoms with Gasteiger partial charge in [0.2, 0.25) is 0 Å². The summed E-state index contributed by atoms with van der Waals surface area (Å²) in [5, 5.41) is 3.22. The van der Waals surface area contributed by atoms with Crippen LogP contribution in [0.5, 0.6) is 0 Å². The number of benzene rings is 1. The molecule has 0 atom stereocenters. The van der Waals surface area contributed by atoms with E-state index in [-0.39, 0.29) is 5.91 Å². The Kier molecular flexibility index (Phi) is 7.07. The third kappa shape index (κ3) is 5.43. The van der Waals surface area contributed by atoms with Crippen molar-refractivity contribution in [3.05, 3.63) is 66.1 Å². The first-order valence-electron chi connectivity index (χ1n) is 10.9. The van der Waals surface area contributed by atoms with Crippen molar-refractivity contribution in [1.82, 2.24) is 19.6 Å². The monoisotopic (exact) mass is 422 g/mol. The number of amides is 1. The molecule has 1 amide bonds. The number of carbonyl (C=O) groups excluding carboxylic acids is 1. The summed E-state index contributed by atoms with van der Waals surface area (Å²) in [5.41, 5.74) is 2.76. The van der Waals surface area contributed by atoms with E-state index in [1.807, 2.05) is 53.1 Å². The van der Waals surface area contributed by atoms with E-state index in [1.165, 1.54) is 19.4 Å². The Labute approximate surface area is 182 Å². The summed E-state index contributed by atoms with van der Waals surface area (Å²) in [4.78, 5) is 20.9. The standard InChI is InChI=1S/C24H30N4OS/c1-2-3-13-27-15-11-20(12-16-27)26-24(29)19-7-9-22(10-8-19)30-18-21-17-28-14-5-4-6-23(28)25-21/h4-10,14,17,20H,2-3,11-13,15-16,18H2,1H3,(H,26,29). The van der Waals surface area contributed by atoms with Crippen LogP contribution in [0.25, 0.3) is 5.65 Å². The molecule has 1 saturated heterocycles. The SMILES string of the molecule is CCCCN1CCC(NC(=O)c2ccc(SCc3cn4ccccc4n3)cc2)CC1. The van der Waals surface area contributed by atoms with Crippen LogP contribution in [0.1, 0.15) is 48.7 Å². The normalized spacial score (nSPS) is 15.5. The second-order valence-electron chi connectivity index (χ2n) is 7.95. The average Bonchev–Trinajstić information content (AvgIpc) is 3.20. The Hall–Kier alpha value is -2.31. The van der Waals surface area contributed by atoms with Crippen molar-refractivity contribution in [3.63, 3.8) is 0 Å². The number of thioether (sulfide) groups is 1. The van der Waals surface area contributed by atoms with Crippen molar-refractivity contribution in [1.29, 1.82) is 0 Å². The fraction of sp³-hybridized carbons (Fsp3) is 0.417. The molecule has 5 nitrogen and oxygen atoms in total. The maximum absolute atomic E-state index is 12.6. The smallest absolute Gasteiger partial charge is 0.251 e. The number of nitrogens with one attached hydrogen (secondary N) is 1. The van der Waals surface area contributed by atoms with Gasteiger partial charge in [-0.2, -0.15) is 0 Å². The molecular weight excluding hydrogens is 392 g/mol. The number of hydrogen-bond donors (Lipinski definition) is 1. The fourth-order valence-corrected chi connectivity index (χ4v) is 4.65. The Morgan fingerprint density at radius 1 is 1.17 bits per heavy atom. The van der Waals surface area contributed by atoms with E-state index in [2.05, 4.69) is 28.3 Å². The molecule has 3 heterocycles. The molecule has 1 aromatic carbocycles. The Bertz CT molecular complexity index is 928. The molecule has 0 spiro atoms. The van der Waals surface area contributed by atoms with Gasteiger partial charge >= 0.3 is 0 Å². The number of imidazole rings is 1. The van der Waals surface area contributed by atoms with Gasteiger partial charge in [0.05, 0.1) is 5.69 Å². The van der Waals surface area contributed by atoms with Gasteiger partial charge in [0, 0.05) is 47.7 Å². The molecule has 3 aromatic rings. The molecular formula is C24H30N4OS. The van der Waals surface area contributed by atoms with E-state index in [4.69, 9.17) is 0 Å². The molecule has 0 saturated carbocycles. The summed E-state index contributed by atoms with van der Waals surface area (Å²) >= 11 is 1.74. The number of hydrogen-bond acceptors (Lipinski definition) is 4. The molecule has 1 aliphatic heterocycles. The summed E-state index contributed by atoms with van der Waals surface area (Å²) in [6.45, 7) is 5.59. The number of aromatic nitrogens is 2. The molecule has 0 aliphatic carbocycles. The summed E-state index contributed by atoms with van der Waals surface area (Å²) in [5.74, 6) is 0.850. The van der Waals surface area contributed by atoms with Crippen LogP contribution in [-0.4, -0.2) is 45.9 Å². The highest BCUT2D eigenvalue weighted by Crippen LogP contribution is 2.23. The predicted molar refractivity (Wildman–Crippen MR) is 123 cm³/mol. The van der Waals surface area contributed by atoms with Gasteiger partial charge in [-0.3, -0.25) is 4.79 Å². The highest BCUT2D eigenvalue weighted by atomic mass is 32.2. The minimum atomic E-state index is 0.0407. The third-order valence-electron chi connectivity index (χ3n) is 5.67. The highest BCUT2D eigenvalue weighted by molar-refractivity contribution is 7.98.